The SMILES string of the molecule is [2H]/C(C(=O)C([2H])C(=O)/C([2H])=C(\[2H])c1ccc(OC([2H])([2H])[2H])c(OC([2H])([2H])[2H])c1)=C(/[2H])c1ccc(O)c(OC)c1. The van der Waals surface area contributed by atoms with Gasteiger partial charge in [-0.2, -0.15) is 0 Å². The van der Waals surface area contributed by atoms with Crippen molar-refractivity contribution in [2.45, 2.75) is 6.40 Å². The van der Waals surface area contributed by atoms with Crippen molar-refractivity contribution in [1.82, 2.24) is 0 Å². The third kappa shape index (κ3) is 5.74. The Kier molecular flexibility index (Phi) is 3.60. The number of phenols is 1. The number of methoxy groups -OCH3 is 3. The molecule has 0 aliphatic carbocycles. The van der Waals surface area contributed by atoms with Crippen molar-refractivity contribution >= 4 is 23.7 Å². The molecule has 1 atom stereocenters. The van der Waals surface area contributed by atoms with Crippen molar-refractivity contribution in [2.75, 3.05) is 21.2 Å². The number of phenolic OH excluding ortho intramolecular Hbond substituents is 1. The van der Waals surface area contributed by atoms with Gasteiger partial charge in [0, 0.05) is 1.37 Å². The molecular weight excluding hydrogens is 360 g/mol. The Morgan fingerprint density at radius 3 is 2.14 bits per heavy atom. The molecule has 2 aromatic carbocycles. The lowest BCUT2D eigenvalue weighted by atomic mass is 10.1. The van der Waals surface area contributed by atoms with Crippen molar-refractivity contribution < 1.29 is 44.0 Å². The monoisotopic (exact) mass is 393 g/mol. The summed E-state index contributed by atoms with van der Waals surface area (Å²) in [4.78, 5) is 25.3. The number of ketones is 2. The summed E-state index contributed by atoms with van der Waals surface area (Å²) in [6.45, 7) is 0. The zero-order valence-corrected chi connectivity index (χ0v) is 14.5. The number of benzene rings is 2. The highest BCUT2D eigenvalue weighted by Gasteiger charge is 2.06. The first-order valence-electron chi connectivity index (χ1n) is 13.2. The quantitative estimate of drug-likeness (QED) is 0.517. The standard InChI is InChI=1S/C22H22O6/c1-26-20-11-7-16(13-22(20)28-3)5-9-18(24)14-17(23)8-4-15-6-10-19(25)21(12-15)27-2/h4-13,25H,14H2,1-3H3/b8-4+,9-5+/i1D3,3D3,4D,5D,8D,9D,14D. The average Bonchev–Trinajstić information content (AvgIpc) is 2.85. The van der Waals surface area contributed by atoms with E-state index in [1.807, 2.05) is 0 Å². The molecule has 0 spiro atoms. The maximum Gasteiger partial charge on any atom is 0.163 e. The summed E-state index contributed by atoms with van der Waals surface area (Å²) >= 11 is 0. The van der Waals surface area contributed by atoms with Gasteiger partial charge in [-0.3, -0.25) is 9.59 Å². The van der Waals surface area contributed by atoms with Crippen LogP contribution in [0.4, 0.5) is 0 Å². The average molecular weight is 393 g/mol. The molecule has 6 nitrogen and oxygen atoms in total. The van der Waals surface area contributed by atoms with Gasteiger partial charge in [-0.15, -0.1) is 0 Å². The van der Waals surface area contributed by atoms with Crippen LogP contribution in [0, 0.1) is 0 Å². The highest BCUT2D eigenvalue weighted by Crippen LogP contribution is 2.28. The molecular formula is C22H22O6. The van der Waals surface area contributed by atoms with Crippen molar-refractivity contribution in [3.63, 3.8) is 0 Å². The van der Waals surface area contributed by atoms with Gasteiger partial charge in [0.2, 0.25) is 0 Å². The number of ether oxygens (including phenoxy) is 3. The Bertz CT molecular complexity index is 1330. The third-order valence-electron chi connectivity index (χ3n) is 3.27. The number of aromatic hydroxyl groups is 1. The van der Waals surface area contributed by atoms with Gasteiger partial charge in [0.1, 0.15) is 0 Å². The molecule has 28 heavy (non-hydrogen) atoms. The van der Waals surface area contributed by atoms with Crippen molar-refractivity contribution in [2.24, 2.45) is 0 Å². The fourth-order valence-corrected chi connectivity index (χ4v) is 1.96. The smallest absolute Gasteiger partial charge is 0.163 e. The van der Waals surface area contributed by atoms with Crippen LogP contribution in [0.1, 0.15) is 32.6 Å². The minimum atomic E-state index is -3.05. The fourth-order valence-electron chi connectivity index (χ4n) is 1.96. The molecule has 6 heteroatoms. The van der Waals surface area contributed by atoms with Crippen LogP contribution in [-0.4, -0.2) is 37.9 Å². The lowest BCUT2D eigenvalue weighted by Gasteiger charge is -2.07. The highest BCUT2D eigenvalue weighted by atomic mass is 16.5. The van der Waals surface area contributed by atoms with Crippen LogP contribution >= 0.6 is 0 Å². The van der Waals surface area contributed by atoms with E-state index < -0.39 is 67.7 Å². The highest BCUT2D eigenvalue weighted by molar-refractivity contribution is 6.10. The fraction of sp³-hybridized carbons (Fsp3) is 0.182. The number of carbonyl (C=O) groups is 2. The summed E-state index contributed by atoms with van der Waals surface area (Å²) in [5, 5.41) is 9.67. The predicted molar refractivity (Wildman–Crippen MR) is 107 cm³/mol. The van der Waals surface area contributed by atoms with Crippen LogP contribution in [-0.2, 0) is 9.59 Å². The van der Waals surface area contributed by atoms with E-state index in [0.717, 1.165) is 30.3 Å². The number of carbonyl (C=O) groups excluding carboxylic acids is 2. The first kappa shape index (κ1) is 10.1. The topological polar surface area (TPSA) is 82.1 Å². The van der Waals surface area contributed by atoms with E-state index >= 15 is 0 Å². The summed E-state index contributed by atoms with van der Waals surface area (Å²) in [6, 6.07) is 2.58. The molecule has 0 amide bonds. The molecule has 0 aliphatic rings. The molecule has 0 radical (unpaired) electrons. The summed E-state index contributed by atoms with van der Waals surface area (Å²) in [5.74, 6) is -4.41. The summed E-state index contributed by atoms with van der Waals surface area (Å²) < 4.78 is 97.7. The molecule has 2 aromatic rings. The van der Waals surface area contributed by atoms with Crippen molar-refractivity contribution in [3.8, 4) is 23.0 Å². The largest absolute Gasteiger partial charge is 0.504 e. The summed E-state index contributed by atoms with van der Waals surface area (Å²) in [5.41, 5.74) is -0.337. The van der Waals surface area contributed by atoms with E-state index in [1.54, 1.807) is 0 Å². The number of hydrogen-bond donors (Lipinski definition) is 1. The minimum absolute atomic E-state index is 0.0355. The van der Waals surface area contributed by atoms with Crippen LogP contribution in [0.2, 0.25) is 0 Å². The lowest BCUT2D eigenvalue weighted by molar-refractivity contribution is -0.121. The molecule has 0 aliphatic heterocycles. The van der Waals surface area contributed by atoms with Gasteiger partial charge in [0.15, 0.2) is 34.6 Å². The van der Waals surface area contributed by atoms with Crippen molar-refractivity contribution in [3.05, 3.63) is 59.6 Å². The number of rotatable bonds is 9. The van der Waals surface area contributed by atoms with Crippen LogP contribution < -0.4 is 14.2 Å². The van der Waals surface area contributed by atoms with Gasteiger partial charge in [-0.1, -0.05) is 24.2 Å². The first-order chi connectivity index (χ1) is 17.9. The maximum atomic E-state index is 12.7. The Labute approximate surface area is 179 Å². The molecule has 146 valence electrons. The van der Waals surface area contributed by atoms with Gasteiger partial charge >= 0.3 is 0 Å². The van der Waals surface area contributed by atoms with E-state index in [9.17, 15) is 14.7 Å². The maximum absolute atomic E-state index is 12.7. The zero-order valence-electron chi connectivity index (χ0n) is 25.5. The van der Waals surface area contributed by atoms with Gasteiger partial charge in [-0.05, 0) is 47.5 Å². The molecule has 0 fully saturated rings. The van der Waals surface area contributed by atoms with Crippen LogP contribution in [0.15, 0.2) is 48.5 Å². The third-order valence-corrected chi connectivity index (χ3v) is 3.27. The second-order valence-electron chi connectivity index (χ2n) is 5.13. The Hall–Kier alpha value is -3.54. The van der Waals surface area contributed by atoms with E-state index in [2.05, 4.69) is 0 Å². The van der Waals surface area contributed by atoms with Crippen LogP contribution in [0.25, 0.3) is 12.1 Å². The molecule has 0 aromatic heterocycles. The Morgan fingerprint density at radius 1 is 0.964 bits per heavy atom. The first-order valence-corrected chi connectivity index (χ1v) is 7.61. The van der Waals surface area contributed by atoms with Gasteiger partial charge in [-0.25, -0.2) is 0 Å². The summed E-state index contributed by atoms with van der Waals surface area (Å²) in [7, 11) is -4.79. The normalized spacial score (nSPS) is 20.1. The minimum Gasteiger partial charge on any atom is -0.504 e. The molecule has 1 N–H and O–H groups in total. The molecule has 0 saturated carbocycles. The molecule has 1 unspecified atom stereocenters. The van der Waals surface area contributed by atoms with Gasteiger partial charge < -0.3 is 19.3 Å². The predicted octanol–water partition coefficient (Wildman–Crippen LogP) is 3.67. The van der Waals surface area contributed by atoms with Crippen LogP contribution in [0.3, 0.4) is 0 Å². The second kappa shape index (κ2) is 9.97. The molecule has 2 rings (SSSR count). The molecule has 0 saturated heterocycles. The molecule has 0 heterocycles. The van der Waals surface area contributed by atoms with E-state index in [4.69, 9.17) is 29.3 Å². The van der Waals surface area contributed by atoms with E-state index in [0.29, 0.717) is 0 Å². The Balaban J connectivity index is 2.42. The van der Waals surface area contributed by atoms with Crippen molar-refractivity contribution in [1.29, 1.82) is 0 Å². The zero-order chi connectivity index (χ0) is 29.9. The van der Waals surface area contributed by atoms with E-state index in [-0.39, 0.29) is 22.6 Å². The van der Waals surface area contributed by atoms with Gasteiger partial charge in [0.05, 0.1) is 41.3 Å². The number of hydrogen-bond acceptors (Lipinski definition) is 6. The summed E-state index contributed by atoms with van der Waals surface area (Å²) in [6.07, 6.45) is -2.39. The Morgan fingerprint density at radius 2 is 1.54 bits per heavy atom. The van der Waals surface area contributed by atoms with Crippen LogP contribution in [0.5, 0.6) is 23.0 Å². The number of allylic oxidation sites excluding steroid dienone is 2. The lowest BCUT2D eigenvalue weighted by Crippen LogP contribution is -2.01. The second-order valence-corrected chi connectivity index (χ2v) is 5.13. The van der Waals surface area contributed by atoms with E-state index in [1.165, 1.54) is 13.2 Å². The van der Waals surface area contributed by atoms with Gasteiger partial charge in [0.25, 0.3) is 0 Å². The molecule has 0 bridgehead atoms.